The highest BCUT2D eigenvalue weighted by atomic mass is 32.2. The van der Waals surface area contributed by atoms with Gasteiger partial charge in [-0.25, -0.2) is 8.42 Å². The summed E-state index contributed by atoms with van der Waals surface area (Å²) in [7, 11) is -1.16. The number of ether oxygens (including phenoxy) is 2. The van der Waals surface area contributed by atoms with Gasteiger partial charge in [-0.1, -0.05) is 18.2 Å². The van der Waals surface area contributed by atoms with Gasteiger partial charge in [0.1, 0.15) is 0 Å². The Hall–Kier alpha value is -3.07. The zero-order valence-corrected chi connectivity index (χ0v) is 19.6. The van der Waals surface area contributed by atoms with E-state index in [-0.39, 0.29) is 23.5 Å². The van der Waals surface area contributed by atoms with Crippen LogP contribution in [0.3, 0.4) is 0 Å². The lowest BCUT2D eigenvalue weighted by Crippen LogP contribution is -2.39. The first-order valence-corrected chi connectivity index (χ1v) is 12.4. The molecule has 1 aliphatic carbocycles. The molecular weight excluding hydrogens is 446 g/mol. The van der Waals surface area contributed by atoms with E-state index in [4.69, 9.17) is 9.47 Å². The number of amides is 1. The highest BCUT2D eigenvalue weighted by Crippen LogP contribution is 2.35. The number of methoxy groups -OCH3 is 1. The van der Waals surface area contributed by atoms with E-state index in [1.54, 1.807) is 30.3 Å². The van der Waals surface area contributed by atoms with E-state index in [2.05, 4.69) is 0 Å². The average molecular weight is 476 g/mol. The quantitative estimate of drug-likeness (QED) is 0.561. The zero-order valence-electron chi connectivity index (χ0n) is 18.8. The van der Waals surface area contributed by atoms with Crippen LogP contribution in [0, 0.1) is 0 Å². The van der Waals surface area contributed by atoms with Gasteiger partial charge >= 0.3 is 5.97 Å². The van der Waals surface area contributed by atoms with E-state index in [1.807, 2.05) is 0 Å². The molecule has 1 unspecified atom stereocenters. The number of rotatable bonds is 10. The molecule has 0 spiro atoms. The molecule has 0 heterocycles. The van der Waals surface area contributed by atoms with Crippen LogP contribution < -0.4 is 9.47 Å². The Kier molecular flexibility index (Phi) is 7.97. The SMILES string of the molecule is COc1ccc(S(=O)(=O)C(CC(=O)O)CN(C)C(=O)c2ccccc2)cc1OC1CCCC1. The molecule has 0 saturated heterocycles. The minimum absolute atomic E-state index is 0.0127. The summed E-state index contributed by atoms with van der Waals surface area (Å²) in [5, 5.41) is 8.04. The first-order valence-electron chi connectivity index (χ1n) is 10.8. The van der Waals surface area contributed by atoms with Crippen LogP contribution >= 0.6 is 0 Å². The summed E-state index contributed by atoms with van der Waals surface area (Å²) in [6, 6.07) is 12.7. The highest BCUT2D eigenvalue weighted by Gasteiger charge is 2.33. The summed E-state index contributed by atoms with van der Waals surface area (Å²) in [4.78, 5) is 25.4. The summed E-state index contributed by atoms with van der Waals surface area (Å²) in [6.45, 7) is -0.271. The number of sulfone groups is 1. The molecule has 1 saturated carbocycles. The standard InChI is InChI=1S/C24H29NO7S/c1-25(24(28)17-8-4-3-5-9-17)16-20(15-23(26)27)33(29,30)19-12-13-21(31-2)22(14-19)32-18-10-6-7-11-18/h3-5,8-9,12-14,18,20H,6-7,10-11,15-16H2,1-2H3,(H,26,27). The number of aliphatic carboxylic acids is 1. The first-order chi connectivity index (χ1) is 15.7. The van der Waals surface area contributed by atoms with Gasteiger partial charge in [0.25, 0.3) is 5.91 Å². The monoisotopic (exact) mass is 475 g/mol. The predicted octanol–water partition coefficient (Wildman–Crippen LogP) is 3.41. The molecule has 1 atom stereocenters. The van der Waals surface area contributed by atoms with Crippen molar-refractivity contribution in [1.82, 2.24) is 4.90 Å². The summed E-state index contributed by atoms with van der Waals surface area (Å²) >= 11 is 0. The average Bonchev–Trinajstić information content (AvgIpc) is 3.31. The second kappa shape index (κ2) is 10.7. The third-order valence-corrected chi connectivity index (χ3v) is 7.85. The molecule has 9 heteroatoms. The zero-order chi connectivity index (χ0) is 24.0. The Balaban J connectivity index is 1.88. The molecule has 33 heavy (non-hydrogen) atoms. The molecule has 178 valence electrons. The van der Waals surface area contributed by atoms with Crippen LogP contribution in [0.5, 0.6) is 11.5 Å². The highest BCUT2D eigenvalue weighted by molar-refractivity contribution is 7.92. The van der Waals surface area contributed by atoms with E-state index in [1.165, 1.54) is 37.3 Å². The molecule has 1 amide bonds. The minimum atomic E-state index is -4.10. The summed E-state index contributed by atoms with van der Waals surface area (Å²) in [6.07, 6.45) is 3.21. The summed E-state index contributed by atoms with van der Waals surface area (Å²) < 4.78 is 38.2. The van der Waals surface area contributed by atoms with Crippen LogP contribution in [0.2, 0.25) is 0 Å². The Bertz CT molecular complexity index is 1080. The third-order valence-electron chi connectivity index (χ3n) is 5.75. The molecule has 8 nitrogen and oxygen atoms in total. The largest absolute Gasteiger partial charge is 0.493 e. The van der Waals surface area contributed by atoms with Crippen molar-refractivity contribution < 1.29 is 32.6 Å². The van der Waals surface area contributed by atoms with Crippen molar-refractivity contribution in [3.05, 3.63) is 54.1 Å². The topological polar surface area (TPSA) is 110 Å². The van der Waals surface area contributed by atoms with Gasteiger partial charge in [0, 0.05) is 25.2 Å². The predicted molar refractivity (Wildman–Crippen MR) is 123 cm³/mol. The molecular formula is C24H29NO7S. The molecule has 3 rings (SSSR count). The van der Waals surface area contributed by atoms with E-state index in [9.17, 15) is 23.1 Å². The van der Waals surface area contributed by atoms with Gasteiger partial charge in [0.2, 0.25) is 0 Å². The van der Waals surface area contributed by atoms with Crippen LogP contribution in [0.4, 0.5) is 0 Å². The number of hydrogen-bond acceptors (Lipinski definition) is 6. The normalized spacial score (nSPS) is 15.1. The van der Waals surface area contributed by atoms with E-state index in [0.29, 0.717) is 17.1 Å². The van der Waals surface area contributed by atoms with Crippen molar-refractivity contribution in [1.29, 1.82) is 0 Å². The fourth-order valence-electron chi connectivity index (χ4n) is 3.96. The van der Waals surface area contributed by atoms with Gasteiger partial charge in [0.05, 0.1) is 29.8 Å². The molecule has 1 aliphatic rings. The van der Waals surface area contributed by atoms with Crippen molar-refractivity contribution in [2.24, 2.45) is 0 Å². The van der Waals surface area contributed by atoms with E-state index >= 15 is 0 Å². The van der Waals surface area contributed by atoms with Crippen LogP contribution in [0.25, 0.3) is 0 Å². The molecule has 0 bridgehead atoms. The lowest BCUT2D eigenvalue weighted by molar-refractivity contribution is -0.137. The van der Waals surface area contributed by atoms with Gasteiger partial charge < -0.3 is 19.5 Å². The van der Waals surface area contributed by atoms with Gasteiger partial charge in [0.15, 0.2) is 21.3 Å². The van der Waals surface area contributed by atoms with Crippen LogP contribution in [-0.2, 0) is 14.6 Å². The van der Waals surface area contributed by atoms with Gasteiger partial charge in [-0.15, -0.1) is 0 Å². The molecule has 0 aromatic heterocycles. The molecule has 2 aromatic rings. The maximum Gasteiger partial charge on any atom is 0.304 e. The van der Waals surface area contributed by atoms with Gasteiger partial charge in [-0.05, 0) is 49.9 Å². The minimum Gasteiger partial charge on any atom is -0.493 e. The van der Waals surface area contributed by atoms with Crippen LogP contribution in [0.15, 0.2) is 53.4 Å². The van der Waals surface area contributed by atoms with Crippen LogP contribution in [0.1, 0.15) is 42.5 Å². The van der Waals surface area contributed by atoms with Gasteiger partial charge in [-0.2, -0.15) is 0 Å². The Labute approximate surface area is 194 Å². The summed E-state index contributed by atoms with van der Waals surface area (Å²) in [5.41, 5.74) is 0.392. The fourth-order valence-corrected chi connectivity index (χ4v) is 5.66. The van der Waals surface area contributed by atoms with Crippen molar-refractivity contribution in [3.8, 4) is 11.5 Å². The fraction of sp³-hybridized carbons (Fsp3) is 0.417. The van der Waals surface area contributed by atoms with Crippen molar-refractivity contribution in [2.75, 3.05) is 20.7 Å². The molecule has 1 fully saturated rings. The smallest absolute Gasteiger partial charge is 0.304 e. The van der Waals surface area contributed by atoms with Crippen LogP contribution in [-0.4, -0.2) is 62.4 Å². The number of carboxylic acid groups (broad SMARTS) is 1. The second-order valence-electron chi connectivity index (χ2n) is 8.15. The van der Waals surface area contributed by atoms with Crippen molar-refractivity contribution >= 4 is 21.7 Å². The molecule has 0 radical (unpaired) electrons. The lowest BCUT2D eigenvalue weighted by Gasteiger charge is -2.24. The number of carbonyl (C=O) groups is 2. The number of nitrogens with zero attached hydrogens (tertiary/aromatic N) is 1. The van der Waals surface area contributed by atoms with E-state index in [0.717, 1.165) is 25.7 Å². The number of hydrogen-bond donors (Lipinski definition) is 1. The maximum atomic E-state index is 13.5. The Morgan fingerprint density at radius 1 is 1.09 bits per heavy atom. The number of carboxylic acids is 1. The first kappa shape index (κ1) is 24.6. The second-order valence-corrected chi connectivity index (χ2v) is 10.4. The Morgan fingerprint density at radius 3 is 2.36 bits per heavy atom. The molecule has 1 N–H and O–H groups in total. The van der Waals surface area contributed by atoms with Crippen molar-refractivity contribution in [2.45, 2.75) is 48.4 Å². The Morgan fingerprint density at radius 2 is 1.76 bits per heavy atom. The third kappa shape index (κ3) is 6.04. The summed E-state index contributed by atoms with van der Waals surface area (Å²) in [5.74, 6) is -0.929. The maximum absolute atomic E-state index is 13.5. The lowest BCUT2D eigenvalue weighted by atomic mass is 10.2. The number of benzene rings is 2. The van der Waals surface area contributed by atoms with Gasteiger partial charge in [-0.3, -0.25) is 9.59 Å². The van der Waals surface area contributed by atoms with Crippen molar-refractivity contribution in [3.63, 3.8) is 0 Å². The van der Waals surface area contributed by atoms with E-state index < -0.39 is 27.5 Å². The number of carbonyl (C=O) groups excluding carboxylic acids is 1. The molecule has 2 aromatic carbocycles. The molecule has 0 aliphatic heterocycles.